The van der Waals surface area contributed by atoms with Crippen LogP contribution in [0.25, 0.3) is 0 Å². The third-order valence-corrected chi connectivity index (χ3v) is 6.13. The van der Waals surface area contributed by atoms with Crippen molar-refractivity contribution >= 4 is 17.6 Å². The SMILES string of the molecule is CC1(C)[C@@H](C(=O)N2CCc3ccccc32)CC[C@]1(C)C(=O)[O-]. The summed E-state index contributed by atoms with van der Waals surface area (Å²) in [7, 11) is 0. The predicted molar refractivity (Wildman–Crippen MR) is 82.1 cm³/mol. The van der Waals surface area contributed by atoms with Crippen molar-refractivity contribution in [3.63, 3.8) is 0 Å². The minimum absolute atomic E-state index is 0.0555. The zero-order valence-electron chi connectivity index (χ0n) is 13.4. The van der Waals surface area contributed by atoms with Gasteiger partial charge in [-0.1, -0.05) is 39.0 Å². The molecular weight excluding hydrogens is 278 g/mol. The van der Waals surface area contributed by atoms with Crippen molar-refractivity contribution in [2.75, 3.05) is 11.4 Å². The second-order valence-electron chi connectivity index (χ2n) is 7.30. The molecule has 0 aromatic heterocycles. The van der Waals surface area contributed by atoms with Gasteiger partial charge in [0.05, 0.1) is 0 Å². The number of carboxylic acids is 1. The van der Waals surface area contributed by atoms with Gasteiger partial charge in [-0.05, 0) is 36.3 Å². The van der Waals surface area contributed by atoms with Crippen LogP contribution in [0.4, 0.5) is 5.69 Å². The number of carboxylic acid groups (broad SMARTS) is 1. The van der Waals surface area contributed by atoms with E-state index in [4.69, 9.17) is 0 Å². The molecule has 0 radical (unpaired) electrons. The number of hydrogen-bond acceptors (Lipinski definition) is 3. The molecule has 0 spiro atoms. The van der Waals surface area contributed by atoms with Crippen LogP contribution in [0.3, 0.4) is 0 Å². The second kappa shape index (κ2) is 4.83. The highest BCUT2D eigenvalue weighted by Crippen LogP contribution is 2.56. The van der Waals surface area contributed by atoms with Crippen molar-refractivity contribution in [1.82, 2.24) is 0 Å². The normalized spacial score (nSPS) is 29.4. The zero-order valence-corrected chi connectivity index (χ0v) is 13.4. The van der Waals surface area contributed by atoms with Gasteiger partial charge in [0, 0.05) is 29.5 Å². The van der Waals surface area contributed by atoms with Crippen molar-refractivity contribution in [3.8, 4) is 0 Å². The Balaban J connectivity index is 1.90. The molecule has 1 amide bonds. The van der Waals surface area contributed by atoms with E-state index in [-0.39, 0.29) is 11.8 Å². The summed E-state index contributed by atoms with van der Waals surface area (Å²) in [6, 6.07) is 7.95. The number of benzene rings is 1. The molecule has 1 saturated carbocycles. The molecule has 0 saturated heterocycles. The molecular formula is C18H22NO3-. The van der Waals surface area contributed by atoms with E-state index in [0.717, 1.165) is 12.1 Å². The molecule has 1 aromatic rings. The molecule has 0 N–H and O–H groups in total. The minimum Gasteiger partial charge on any atom is -0.550 e. The lowest BCUT2D eigenvalue weighted by Gasteiger charge is -2.42. The number of carbonyl (C=O) groups is 2. The summed E-state index contributed by atoms with van der Waals surface area (Å²) in [5.74, 6) is -1.27. The lowest BCUT2D eigenvalue weighted by atomic mass is 9.65. The smallest absolute Gasteiger partial charge is 0.230 e. The van der Waals surface area contributed by atoms with E-state index in [1.807, 2.05) is 43.0 Å². The predicted octanol–water partition coefficient (Wildman–Crippen LogP) is 1.77. The second-order valence-corrected chi connectivity index (χ2v) is 7.30. The van der Waals surface area contributed by atoms with Crippen molar-refractivity contribution in [2.24, 2.45) is 16.7 Å². The third-order valence-electron chi connectivity index (χ3n) is 6.13. The maximum atomic E-state index is 13.0. The maximum Gasteiger partial charge on any atom is 0.230 e. The molecule has 1 aromatic carbocycles. The highest BCUT2D eigenvalue weighted by molar-refractivity contribution is 5.98. The van der Waals surface area contributed by atoms with E-state index in [9.17, 15) is 14.7 Å². The van der Waals surface area contributed by atoms with Crippen LogP contribution >= 0.6 is 0 Å². The van der Waals surface area contributed by atoms with Crippen LogP contribution in [-0.4, -0.2) is 18.4 Å². The molecule has 3 rings (SSSR count). The molecule has 2 atom stereocenters. The molecule has 118 valence electrons. The number of amides is 1. The Kier molecular flexibility index (Phi) is 3.31. The highest BCUT2D eigenvalue weighted by Gasteiger charge is 2.55. The van der Waals surface area contributed by atoms with Gasteiger partial charge in [0.1, 0.15) is 0 Å². The average Bonchev–Trinajstić information content (AvgIpc) is 2.99. The van der Waals surface area contributed by atoms with E-state index < -0.39 is 16.8 Å². The van der Waals surface area contributed by atoms with E-state index in [1.54, 1.807) is 6.92 Å². The summed E-state index contributed by atoms with van der Waals surface area (Å²) in [6.07, 6.45) is 1.97. The van der Waals surface area contributed by atoms with Crippen LogP contribution in [0.15, 0.2) is 24.3 Å². The summed E-state index contributed by atoms with van der Waals surface area (Å²) in [4.78, 5) is 26.5. The van der Waals surface area contributed by atoms with E-state index in [0.29, 0.717) is 19.4 Å². The van der Waals surface area contributed by atoms with Gasteiger partial charge in [0.2, 0.25) is 5.91 Å². The van der Waals surface area contributed by atoms with E-state index in [2.05, 4.69) is 0 Å². The van der Waals surface area contributed by atoms with Gasteiger partial charge in [0.25, 0.3) is 0 Å². The number of rotatable bonds is 2. The molecule has 1 aliphatic heterocycles. The molecule has 22 heavy (non-hydrogen) atoms. The quantitative estimate of drug-likeness (QED) is 0.836. The van der Waals surface area contributed by atoms with Gasteiger partial charge in [-0.2, -0.15) is 0 Å². The van der Waals surface area contributed by atoms with Crippen LogP contribution in [0.1, 0.15) is 39.2 Å². The number of hydrogen-bond donors (Lipinski definition) is 0. The fourth-order valence-electron chi connectivity index (χ4n) is 4.05. The number of para-hydroxylation sites is 1. The molecule has 4 nitrogen and oxygen atoms in total. The van der Waals surface area contributed by atoms with Crippen molar-refractivity contribution in [3.05, 3.63) is 29.8 Å². The van der Waals surface area contributed by atoms with Crippen LogP contribution < -0.4 is 10.0 Å². The molecule has 1 heterocycles. The van der Waals surface area contributed by atoms with E-state index >= 15 is 0 Å². The third kappa shape index (κ3) is 1.89. The van der Waals surface area contributed by atoms with Crippen LogP contribution in [-0.2, 0) is 16.0 Å². The van der Waals surface area contributed by atoms with Gasteiger partial charge >= 0.3 is 0 Å². The average molecular weight is 300 g/mol. The van der Waals surface area contributed by atoms with Crippen molar-refractivity contribution < 1.29 is 14.7 Å². The first-order valence-electron chi connectivity index (χ1n) is 7.90. The van der Waals surface area contributed by atoms with Crippen LogP contribution in [0.5, 0.6) is 0 Å². The fraction of sp³-hybridized carbons (Fsp3) is 0.556. The Hall–Kier alpha value is -1.84. The molecule has 0 bridgehead atoms. The summed E-state index contributed by atoms with van der Waals surface area (Å²) in [5.41, 5.74) is 0.604. The molecule has 1 fully saturated rings. The number of nitrogens with zero attached hydrogens (tertiary/aromatic N) is 1. The number of carbonyl (C=O) groups excluding carboxylic acids is 2. The Morgan fingerprint density at radius 3 is 2.55 bits per heavy atom. The lowest BCUT2D eigenvalue weighted by Crippen LogP contribution is -2.50. The van der Waals surface area contributed by atoms with Gasteiger partial charge in [-0.3, -0.25) is 4.79 Å². The Morgan fingerprint density at radius 1 is 1.23 bits per heavy atom. The van der Waals surface area contributed by atoms with Gasteiger partial charge in [-0.25, -0.2) is 0 Å². The van der Waals surface area contributed by atoms with E-state index in [1.165, 1.54) is 5.56 Å². The van der Waals surface area contributed by atoms with Crippen LogP contribution in [0, 0.1) is 16.7 Å². The number of anilines is 1. The number of fused-ring (bicyclic) bond motifs is 1. The molecule has 2 aliphatic rings. The topological polar surface area (TPSA) is 60.4 Å². The maximum absolute atomic E-state index is 13.0. The first kappa shape index (κ1) is 15.1. The number of aliphatic carboxylic acids is 1. The first-order chi connectivity index (χ1) is 10.3. The van der Waals surface area contributed by atoms with Crippen molar-refractivity contribution in [2.45, 2.75) is 40.0 Å². The highest BCUT2D eigenvalue weighted by atomic mass is 16.4. The Labute approximate surface area is 131 Å². The molecule has 0 unspecified atom stereocenters. The zero-order chi connectivity index (χ0) is 16.1. The fourth-order valence-corrected chi connectivity index (χ4v) is 4.05. The van der Waals surface area contributed by atoms with Gasteiger partial charge in [-0.15, -0.1) is 0 Å². The standard InChI is InChI=1S/C18H23NO3/c1-17(2)13(8-10-18(17,3)16(21)22)15(20)19-11-9-12-6-4-5-7-14(12)19/h4-7,13H,8-11H2,1-3H3,(H,21,22)/p-1/t13-,18-/m1/s1. The lowest BCUT2D eigenvalue weighted by molar-refractivity contribution is -0.323. The largest absolute Gasteiger partial charge is 0.550 e. The Bertz CT molecular complexity index is 637. The summed E-state index contributed by atoms with van der Waals surface area (Å²) < 4.78 is 0. The van der Waals surface area contributed by atoms with Crippen molar-refractivity contribution in [1.29, 1.82) is 0 Å². The molecule has 1 aliphatic carbocycles. The molecule has 4 heteroatoms. The summed E-state index contributed by atoms with van der Waals surface area (Å²) >= 11 is 0. The summed E-state index contributed by atoms with van der Waals surface area (Å²) in [6.45, 7) is 6.18. The minimum atomic E-state index is -1.05. The Morgan fingerprint density at radius 2 is 1.91 bits per heavy atom. The monoisotopic (exact) mass is 300 g/mol. The van der Waals surface area contributed by atoms with Crippen LogP contribution in [0.2, 0.25) is 0 Å². The summed E-state index contributed by atoms with van der Waals surface area (Å²) in [5, 5.41) is 11.6. The first-order valence-corrected chi connectivity index (χ1v) is 7.90. The van der Waals surface area contributed by atoms with Gasteiger partial charge < -0.3 is 14.8 Å². The van der Waals surface area contributed by atoms with Gasteiger partial charge in [0.15, 0.2) is 0 Å².